The lowest BCUT2D eigenvalue weighted by molar-refractivity contribution is 0.0692. The number of nitrogen functional groups attached to an aromatic ring is 1. The number of benzene rings is 2. The molecule has 1 heterocycles. The fourth-order valence-corrected chi connectivity index (χ4v) is 2.32. The summed E-state index contributed by atoms with van der Waals surface area (Å²) < 4.78 is 0. The van der Waals surface area contributed by atoms with Crippen molar-refractivity contribution < 1.29 is 14.4 Å². The number of hydrogen-bond donors (Lipinski definition) is 2. The molecular formula is C16H13N3O3. The Kier molecular flexibility index (Phi) is 3.14. The first-order chi connectivity index (χ1) is 10.5. The zero-order valence-corrected chi connectivity index (χ0v) is 11.8. The van der Waals surface area contributed by atoms with Crippen molar-refractivity contribution in [2.24, 2.45) is 0 Å². The zero-order chi connectivity index (χ0) is 15.9. The summed E-state index contributed by atoms with van der Waals surface area (Å²) in [5.41, 5.74) is 7.63. The van der Waals surface area contributed by atoms with Crippen LogP contribution in [0.1, 0.15) is 31.1 Å². The van der Waals surface area contributed by atoms with E-state index in [0.29, 0.717) is 22.5 Å². The SMILES string of the molecule is CN1C(=O)c2ccc(NC(=O)c3cccc(N)c3)cc2C1=O. The van der Waals surface area contributed by atoms with Gasteiger partial charge in [0.25, 0.3) is 17.7 Å². The highest BCUT2D eigenvalue weighted by Crippen LogP contribution is 2.25. The van der Waals surface area contributed by atoms with Crippen molar-refractivity contribution in [3.8, 4) is 0 Å². The Balaban J connectivity index is 1.88. The lowest BCUT2D eigenvalue weighted by atomic mass is 10.1. The van der Waals surface area contributed by atoms with Gasteiger partial charge in [-0.05, 0) is 36.4 Å². The summed E-state index contributed by atoms with van der Waals surface area (Å²) in [6.07, 6.45) is 0. The lowest BCUT2D eigenvalue weighted by Gasteiger charge is -2.07. The molecule has 6 heteroatoms. The summed E-state index contributed by atoms with van der Waals surface area (Å²) in [5, 5.41) is 2.69. The molecule has 0 saturated carbocycles. The van der Waals surface area contributed by atoms with Crippen molar-refractivity contribution in [1.29, 1.82) is 0 Å². The molecule has 1 aliphatic heterocycles. The normalized spacial score (nSPS) is 13.2. The Hall–Kier alpha value is -3.15. The van der Waals surface area contributed by atoms with Crippen LogP contribution in [0.4, 0.5) is 11.4 Å². The topological polar surface area (TPSA) is 92.5 Å². The summed E-state index contributed by atoms with van der Waals surface area (Å²) in [6.45, 7) is 0. The van der Waals surface area contributed by atoms with Gasteiger partial charge in [0.2, 0.25) is 0 Å². The van der Waals surface area contributed by atoms with E-state index in [1.165, 1.54) is 19.2 Å². The van der Waals surface area contributed by atoms with Crippen molar-refractivity contribution in [2.45, 2.75) is 0 Å². The molecule has 2 aromatic carbocycles. The van der Waals surface area contributed by atoms with E-state index in [9.17, 15) is 14.4 Å². The summed E-state index contributed by atoms with van der Waals surface area (Å²) in [5.74, 6) is -1.05. The van der Waals surface area contributed by atoms with E-state index < -0.39 is 0 Å². The molecule has 0 saturated heterocycles. The molecule has 0 aliphatic carbocycles. The van der Waals surface area contributed by atoms with Crippen molar-refractivity contribution >= 4 is 29.1 Å². The average Bonchev–Trinajstić information content (AvgIpc) is 2.72. The molecule has 3 rings (SSSR count). The maximum atomic E-state index is 12.1. The number of nitrogens with one attached hydrogen (secondary N) is 1. The summed E-state index contributed by atoms with van der Waals surface area (Å²) in [4.78, 5) is 36.9. The van der Waals surface area contributed by atoms with Crippen LogP contribution in [0.5, 0.6) is 0 Å². The highest BCUT2D eigenvalue weighted by Gasteiger charge is 2.32. The minimum absolute atomic E-state index is 0.290. The standard InChI is InChI=1S/C16H13N3O3/c1-19-15(21)12-6-5-11(8-13(12)16(19)22)18-14(20)9-3-2-4-10(17)7-9/h2-8H,17H2,1H3,(H,18,20). The summed E-state index contributed by atoms with van der Waals surface area (Å²) >= 11 is 0. The van der Waals surface area contributed by atoms with Gasteiger partial charge in [0.1, 0.15) is 0 Å². The number of rotatable bonds is 2. The average molecular weight is 295 g/mol. The molecule has 6 nitrogen and oxygen atoms in total. The molecule has 3 N–H and O–H groups in total. The molecule has 110 valence electrons. The van der Waals surface area contributed by atoms with Crippen LogP contribution in [0.25, 0.3) is 0 Å². The van der Waals surface area contributed by atoms with Crippen LogP contribution >= 0.6 is 0 Å². The molecular weight excluding hydrogens is 282 g/mol. The number of carbonyl (C=O) groups excluding carboxylic acids is 3. The lowest BCUT2D eigenvalue weighted by Crippen LogP contribution is -2.24. The van der Waals surface area contributed by atoms with Gasteiger partial charge in [-0.3, -0.25) is 19.3 Å². The van der Waals surface area contributed by atoms with Gasteiger partial charge in [0, 0.05) is 24.0 Å². The van der Waals surface area contributed by atoms with E-state index >= 15 is 0 Å². The Morgan fingerprint density at radius 3 is 2.50 bits per heavy atom. The van der Waals surface area contributed by atoms with Gasteiger partial charge >= 0.3 is 0 Å². The van der Waals surface area contributed by atoms with Gasteiger partial charge in [-0.1, -0.05) is 6.07 Å². The first kappa shape index (κ1) is 13.8. The molecule has 0 bridgehead atoms. The molecule has 0 unspecified atom stereocenters. The van der Waals surface area contributed by atoms with Crippen molar-refractivity contribution in [2.75, 3.05) is 18.1 Å². The molecule has 0 fully saturated rings. The Morgan fingerprint density at radius 2 is 1.77 bits per heavy atom. The van der Waals surface area contributed by atoms with Gasteiger partial charge in [-0.15, -0.1) is 0 Å². The molecule has 2 aromatic rings. The van der Waals surface area contributed by atoms with Crippen LogP contribution in [0.15, 0.2) is 42.5 Å². The minimum Gasteiger partial charge on any atom is -0.399 e. The monoisotopic (exact) mass is 295 g/mol. The quantitative estimate of drug-likeness (QED) is 0.652. The highest BCUT2D eigenvalue weighted by atomic mass is 16.2. The van der Waals surface area contributed by atoms with E-state index in [1.807, 2.05) is 0 Å². The molecule has 3 amide bonds. The third-order valence-corrected chi connectivity index (χ3v) is 3.50. The second-order valence-electron chi connectivity index (χ2n) is 5.01. The number of imide groups is 1. The Bertz CT molecular complexity index is 814. The zero-order valence-electron chi connectivity index (χ0n) is 11.8. The van der Waals surface area contributed by atoms with Gasteiger partial charge in [0.15, 0.2) is 0 Å². The van der Waals surface area contributed by atoms with Gasteiger partial charge in [0.05, 0.1) is 11.1 Å². The second-order valence-corrected chi connectivity index (χ2v) is 5.01. The fourth-order valence-electron chi connectivity index (χ4n) is 2.32. The van der Waals surface area contributed by atoms with Crippen LogP contribution in [-0.4, -0.2) is 29.7 Å². The van der Waals surface area contributed by atoms with Crippen molar-refractivity contribution in [3.05, 3.63) is 59.2 Å². The van der Waals surface area contributed by atoms with Gasteiger partial charge in [-0.2, -0.15) is 0 Å². The number of hydrogen-bond acceptors (Lipinski definition) is 4. The van der Waals surface area contributed by atoms with Crippen LogP contribution in [0.3, 0.4) is 0 Å². The Labute approximate surface area is 126 Å². The maximum Gasteiger partial charge on any atom is 0.261 e. The number of nitrogens with zero attached hydrogens (tertiary/aromatic N) is 1. The number of anilines is 2. The van der Waals surface area contributed by atoms with Crippen LogP contribution in [0, 0.1) is 0 Å². The number of carbonyl (C=O) groups is 3. The predicted molar refractivity (Wildman–Crippen MR) is 81.7 cm³/mol. The Morgan fingerprint density at radius 1 is 1.05 bits per heavy atom. The van der Waals surface area contributed by atoms with Gasteiger partial charge < -0.3 is 11.1 Å². The predicted octanol–water partition coefficient (Wildman–Crippen LogP) is 1.75. The molecule has 0 spiro atoms. The van der Waals surface area contributed by atoms with Crippen LogP contribution in [0.2, 0.25) is 0 Å². The number of amides is 3. The number of nitrogens with two attached hydrogens (primary N) is 1. The summed E-state index contributed by atoms with van der Waals surface area (Å²) in [6, 6.07) is 11.2. The molecule has 0 radical (unpaired) electrons. The van der Waals surface area contributed by atoms with E-state index in [0.717, 1.165) is 4.90 Å². The largest absolute Gasteiger partial charge is 0.399 e. The first-order valence-electron chi connectivity index (χ1n) is 6.60. The molecule has 1 aliphatic rings. The van der Waals surface area contributed by atoms with E-state index in [1.54, 1.807) is 30.3 Å². The first-order valence-corrected chi connectivity index (χ1v) is 6.60. The highest BCUT2D eigenvalue weighted by molar-refractivity contribution is 6.21. The van der Waals surface area contributed by atoms with Crippen molar-refractivity contribution in [3.63, 3.8) is 0 Å². The maximum absolute atomic E-state index is 12.1. The van der Waals surface area contributed by atoms with E-state index in [2.05, 4.69) is 5.32 Å². The molecule has 0 atom stereocenters. The van der Waals surface area contributed by atoms with Crippen LogP contribution in [-0.2, 0) is 0 Å². The third kappa shape index (κ3) is 2.20. The smallest absolute Gasteiger partial charge is 0.261 e. The second kappa shape index (κ2) is 5.00. The number of fused-ring (bicyclic) bond motifs is 1. The van der Waals surface area contributed by atoms with Crippen molar-refractivity contribution in [1.82, 2.24) is 4.90 Å². The molecule has 0 aromatic heterocycles. The minimum atomic E-state index is -0.375. The summed E-state index contributed by atoms with van der Waals surface area (Å²) in [7, 11) is 1.43. The fraction of sp³-hybridized carbons (Fsp3) is 0.0625. The van der Waals surface area contributed by atoms with E-state index in [4.69, 9.17) is 5.73 Å². The molecule has 22 heavy (non-hydrogen) atoms. The van der Waals surface area contributed by atoms with E-state index in [-0.39, 0.29) is 23.3 Å². The third-order valence-electron chi connectivity index (χ3n) is 3.50. The van der Waals surface area contributed by atoms with Crippen LogP contribution < -0.4 is 11.1 Å². The van der Waals surface area contributed by atoms with Gasteiger partial charge in [-0.25, -0.2) is 0 Å².